The lowest BCUT2D eigenvalue weighted by atomic mass is 10.2. The van der Waals surface area contributed by atoms with Crippen LogP contribution in [-0.4, -0.2) is 34.0 Å². The first kappa shape index (κ1) is 16.3. The van der Waals surface area contributed by atoms with Crippen LogP contribution in [0.4, 0.5) is 0 Å². The smallest absolute Gasteiger partial charge is 0.161 e. The molecule has 1 aromatic carbocycles. The number of methoxy groups -OCH3 is 2. The number of nitriles is 1. The van der Waals surface area contributed by atoms with E-state index in [9.17, 15) is 0 Å². The van der Waals surface area contributed by atoms with E-state index in [-0.39, 0.29) is 0 Å². The van der Waals surface area contributed by atoms with Crippen LogP contribution in [0.2, 0.25) is 0 Å². The lowest BCUT2D eigenvalue weighted by Gasteiger charge is -2.12. The third kappa shape index (κ3) is 5.91. The van der Waals surface area contributed by atoms with Crippen molar-refractivity contribution < 1.29 is 14.2 Å². The van der Waals surface area contributed by atoms with Crippen molar-refractivity contribution >= 4 is 0 Å². The third-order valence-electron chi connectivity index (χ3n) is 2.73. The molecule has 0 unspecified atom stereocenters. The molecule has 0 aromatic heterocycles. The lowest BCUT2D eigenvalue weighted by molar-refractivity contribution is 0.199. The van der Waals surface area contributed by atoms with Crippen LogP contribution in [0.3, 0.4) is 0 Å². The molecule has 0 atom stereocenters. The van der Waals surface area contributed by atoms with Crippen molar-refractivity contribution in [3.63, 3.8) is 0 Å². The average Bonchev–Trinajstić information content (AvgIpc) is 2.48. The number of hydrogen-bond acceptors (Lipinski definition) is 5. The molecule has 0 radical (unpaired) electrons. The highest BCUT2D eigenvalue weighted by Crippen LogP contribution is 2.28. The van der Waals surface area contributed by atoms with E-state index in [2.05, 4.69) is 11.4 Å². The first-order chi connectivity index (χ1) is 9.81. The molecule has 1 N–H and O–H groups in total. The Balaban J connectivity index is 2.54. The molecule has 20 heavy (non-hydrogen) atoms. The Morgan fingerprint density at radius 3 is 2.75 bits per heavy atom. The van der Waals surface area contributed by atoms with Crippen LogP contribution in [0.25, 0.3) is 0 Å². The van der Waals surface area contributed by atoms with Gasteiger partial charge in [0.05, 0.1) is 26.4 Å². The molecule has 1 aromatic rings. The monoisotopic (exact) mass is 278 g/mol. The topological polar surface area (TPSA) is 63.5 Å². The minimum Gasteiger partial charge on any atom is -0.493 e. The Morgan fingerprint density at radius 1 is 1.20 bits per heavy atom. The molecule has 0 saturated heterocycles. The summed E-state index contributed by atoms with van der Waals surface area (Å²) in [6.45, 7) is 2.76. The van der Waals surface area contributed by atoms with Gasteiger partial charge in [0.2, 0.25) is 0 Å². The largest absolute Gasteiger partial charge is 0.493 e. The molecular weight excluding hydrogens is 256 g/mol. The van der Waals surface area contributed by atoms with Crippen molar-refractivity contribution in [1.82, 2.24) is 5.32 Å². The van der Waals surface area contributed by atoms with Gasteiger partial charge in [-0.2, -0.15) is 5.26 Å². The van der Waals surface area contributed by atoms with E-state index < -0.39 is 0 Å². The summed E-state index contributed by atoms with van der Waals surface area (Å²) in [6, 6.07) is 7.96. The highest BCUT2D eigenvalue weighted by atomic mass is 16.5. The number of nitrogens with one attached hydrogen (secondary N) is 1. The second-order valence-electron chi connectivity index (χ2n) is 4.26. The first-order valence-corrected chi connectivity index (χ1v) is 6.68. The molecule has 0 aliphatic heterocycles. The molecule has 0 heterocycles. The second kappa shape index (κ2) is 10.1. The number of benzene rings is 1. The Kier molecular flexibility index (Phi) is 8.20. The summed E-state index contributed by atoms with van der Waals surface area (Å²) < 4.78 is 15.9. The van der Waals surface area contributed by atoms with Crippen LogP contribution < -0.4 is 14.8 Å². The van der Waals surface area contributed by atoms with Gasteiger partial charge in [0.1, 0.15) is 0 Å². The molecule has 0 aliphatic carbocycles. The van der Waals surface area contributed by atoms with E-state index in [1.54, 1.807) is 14.2 Å². The number of rotatable bonds is 10. The molecule has 5 heteroatoms. The van der Waals surface area contributed by atoms with Gasteiger partial charge in [0, 0.05) is 26.6 Å². The molecule has 110 valence electrons. The van der Waals surface area contributed by atoms with Crippen LogP contribution in [0.1, 0.15) is 18.4 Å². The number of hydrogen-bond donors (Lipinski definition) is 1. The lowest BCUT2D eigenvalue weighted by Crippen LogP contribution is -2.18. The normalized spacial score (nSPS) is 10.1. The number of unbranched alkanes of at least 4 members (excludes halogenated alkanes) is 1. The van der Waals surface area contributed by atoms with Crippen LogP contribution in [0, 0.1) is 11.3 Å². The van der Waals surface area contributed by atoms with Crippen LogP contribution >= 0.6 is 0 Å². The molecule has 5 nitrogen and oxygen atoms in total. The van der Waals surface area contributed by atoms with Crippen molar-refractivity contribution in [3.05, 3.63) is 23.8 Å². The first-order valence-electron chi connectivity index (χ1n) is 6.68. The maximum Gasteiger partial charge on any atom is 0.161 e. The highest BCUT2D eigenvalue weighted by Gasteiger charge is 2.05. The summed E-state index contributed by atoms with van der Waals surface area (Å²) in [7, 11) is 3.30. The molecule has 0 bridgehead atoms. The zero-order chi connectivity index (χ0) is 14.6. The SMILES string of the molecule is COCCNCc1ccc(OC)c(OCCCC#N)c1. The maximum absolute atomic E-state index is 8.50. The van der Waals surface area contributed by atoms with E-state index in [0.717, 1.165) is 30.8 Å². The summed E-state index contributed by atoms with van der Waals surface area (Å²) in [6.07, 6.45) is 1.22. The Labute approximate surface area is 120 Å². The molecule has 0 aliphatic rings. The molecule has 0 amide bonds. The summed E-state index contributed by atoms with van der Waals surface area (Å²) in [5.74, 6) is 1.43. The summed E-state index contributed by atoms with van der Waals surface area (Å²) in [5, 5.41) is 11.8. The van der Waals surface area contributed by atoms with E-state index in [1.807, 2.05) is 18.2 Å². The molecule has 0 spiro atoms. The Morgan fingerprint density at radius 2 is 2.05 bits per heavy atom. The van der Waals surface area contributed by atoms with Gasteiger partial charge in [-0.05, 0) is 24.1 Å². The van der Waals surface area contributed by atoms with Crippen LogP contribution in [0.15, 0.2) is 18.2 Å². The number of nitrogens with zero attached hydrogens (tertiary/aromatic N) is 1. The van der Waals surface area contributed by atoms with Crippen molar-refractivity contribution in [2.24, 2.45) is 0 Å². The fraction of sp³-hybridized carbons (Fsp3) is 0.533. The van der Waals surface area contributed by atoms with E-state index in [4.69, 9.17) is 19.5 Å². The van der Waals surface area contributed by atoms with Crippen LogP contribution in [-0.2, 0) is 11.3 Å². The predicted octanol–water partition coefficient (Wildman–Crippen LogP) is 2.11. The van der Waals surface area contributed by atoms with Crippen molar-refractivity contribution in [2.45, 2.75) is 19.4 Å². The number of ether oxygens (including phenoxy) is 3. The fourth-order valence-electron chi connectivity index (χ4n) is 1.68. The fourth-order valence-corrected chi connectivity index (χ4v) is 1.68. The van der Waals surface area contributed by atoms with Gasteiger partial charge in [-0.3, -0.25) is 0 Å². The zero-order valence-electron chi connectivity index (χ0n) is 12.1. The molecule has 0 fully saturated rings. The summed E-state index contributed by atoms with van der Waals surface area (Å²) >= 11 is 0. The zero-order valence-corrected chi connectivity index (χ0v) is 12.1. The Bertz CT molecular complexity index is 430. The van der Waals surface area contributed by atoms with E-state index in [1.165, 1.54) is 0 Å². The van der Waals surface area contributed by atoms with Crippen molar-refractivity contribution in [1.29, 1.82) is 5.26 Å². The van der Waals surface area contributed by atoms with E-state index >= 15 is 0 Å². The Hall–Kier alpha value is -1.77. The van der Waals surface area contributed by atoms with Crippen molar-refractivity contribution in [3.8, 4) is 17.6 Å². The quantitative estimate of drug-likeness (QED) is 0.664. The minimum atomic E-state index is 0.501. The van der Waals surface area contributed by atoms with Gasteiger partial charge in [0.25, 0.3) is 0 Å². The summed E-state index contributed by atoms with van der Waals surface area (Å²) in [4.78, 5) is 0. The van der Waals surface area contributed by atoms with Gasteiger partial charge in [-0.25, -0.2) is 0 Å². The van der Waals surface area contributed by atoms with Gasteiger partial charge in [0.15, 0.2) is 11.5 Å². The average molecular weight is 278 g/mol. The van der Waals surface area contributed by atoms with Gasteiger partial charge < -0.3 is 19.5 Å². The summed E-state index contributed by atoms with van der Waals surface area (Å²) in [5.41, 5.74) is 1.12. The maximum atomic E-state index is 8.50. The van der Waals surface area contributed by atoms with E-state index in [0.29, 0.717) is 25.4 Å². The second-order valence-corrected chi connectivity index (χ2v) is 4.26. The predicted molar refractivity (Wildman–Crippen MR) is 76.9 cm³/mol. The highest BCUT2D eigenvalue weighted by molar-refractivity contribution is 5.42. The van der Waals surface area contributed by atoms with Gasteiger partial charge in [-0.1, -0.05) is 6.07 Å². The van der Waals surface area contributed by atoms with Crippen molar-refractivity contribution in [2.75, 3.05) is 34.0 Å². The molecule has 1 rings (SSSR count). The third-order valence-corrected chi connectivity index (χ3v) is 2.73. The van der Waals surface area contributed by atoms with Crippen LogP contribution in [0.5, 0.6) is 11.5 Å². The molecular formula is C15H22N2O3. The standard InChI is InChI=1S/C15H22N2O3/c1-18-10-8-17-12-13-5-6-14(19-2)15(11-13)20-9-4-3-7-16/h5-6,11,17H,3-4,8-10,12H2,1-2H3. The van der Waals surface area contributed by atoms with Gasteiger partial charge >= 0.3 is 0 Å². The minimum absolute atomic E-state index is 0.501. The van der Waals surface area contributed by atoms with Gasteiger partial charge in [-0.15, -0.1) is 0 Å². The molecule has 0 saturated carbocycles.